The molecule has 8 heteroatoms. The molecule has 110 valence electrons. The van der Waals surface area contributed by atoms with E-state index in [1.165, 1.54) is 11.6 Å². The molecule has 0 bridgehead atoms. The van der Waals surface area contributed by atoms with E-state index in [1.54, 1.807) is 14.0 Å². The molecule has 0 saturated heterocycles. The van der Waals surface area contributed by atoms with Crippen molar-refractivity contribution < 1.29 is 5.11 Å². The van der Waals surface area contributed by atoms with Crippen LogP contribution in [0.5, 0.6) is 0 Å². The van der Waals surface area contributed by atoms with Crippen LogP contribution in [0.2, 0.25) is 0 Å². The van der Waals surface area contributed by atoms with E-state index in [1.807, 2.05) is 13.8 Å². The quantitative estimate of drug-likeness (QED) is 0.705. The van der Waals surface area contributed by atoms with Crippen LogP contribution in [0, 0.1) is 0 Å². The number of rotatable bonds is 3. The SMILES string of the molecule is CC(O)C(C)(C)Nc1nc2c([nH]1)c(=O)n(C)c(=O)n2C. The lowest BCUT2D eigenvalue weighted by molar-refractivity contribution is 0.132. The third-order valence-electron chi connectivity index (χ3n) is 3.58. The highest BCUT2D eigenvalue weighted by atomic mass is 16.3. The lowest BCUT2D eigenvalue weighted by Gasteiger charge is -2.28. The Morgan fingerprint density at radius 3 is 2.45 bits per heavy atom. The highest BCUT2D eigenvalue weighted by molar-refractivity contribution is 5.72. The molecule has 0 aliphatic rings. The molecule has 3 N–H and O–H groups in total. The number of hydrogen-bond donors (Lipinski definition) is 3. The van der Waals surface area contributed by atoms with Crippen LogP contribution in [0.1, 0.15) is 20.8 Å². The highest BCUT2D eigenvalue weighted by Gasteiger charge is 2.25. The number of nitrogens with zero attached hydrogens (tertiary/aromatic N) is 3. The summed E-state index contributed by atoms with van der Waals surface area (Å²) < 4.78 is 2.32. The molecule has 2 rings (SSSR count). The van der Waals surface area contributed by atoms with E-state index in [-0.39, 0.29) is 11.2 Å². The molecular formula is C12H19N5O3. The number of anilines is 1. The van der Waals surface area contributed by atoms with Crippen LogP contribution < -0.4 is 16.6 Å². The fraction of sp³-hybridized carbons (Fsp3) is 0.583. The summed E-state index contributed by atoms with van der Waals surface area (Å²) in [5.74, 6) is 0.337. The minimum Gasteiger partial charge on any atom is -0.391 e. The van der Waals surface area contributed by atoms with Crippen molar-refractivity contribution in [1.82, 2.24) is 19.1 Å². The Hall–Kier alpha value is -2.09. The molecule has 1 atom stereocenters. The summed E-state index contributed by atoms with van der Waals surface area (Å²) in [6, 6.07) is 0. The van der Waals surface area contributed by atoms with Crippen molar-refractivity contribution in [2.24, 2.45) is 14.1 Å². The summed E-state index contributed by atoms with van der Waals surface area (Å²) in [7, 11) is 2.96. The minimum atomic E-state index is -0.627. The fourth-order valence-electron chi connectivity index (χ4n) is 1.79. The second kappa shape index (κ2) is 4.48. The van der Waals surface area contributed by atoms with Gasteiger partial charge in [-0.05, 0) is 20.8 Å². The van der Waals surface area contributed by atoms with Gasteiger partial charge in [-0.3, -0.25) is 13.9 Å². The minimum absolute atomic E-state index is 0.249. The zero-order valence-electron chi connectivity index (χ0n) is 12.2. The van der Waals surface area contributed by atoms with E-state index in [0.717, 1.165) is 4.57 Å². The summed E-state index contributed by atoms with van der Waals surface area (Å²) in [4.78, 5) is 30.9. The normalized spacial score (nSPS) is 13.7. The average molecular weight is 281 g/mol. The Labute approximate surface area is 115 Å². The van der Waals surface area contributed by atoms with Crippen LogP contribution in [0.25, 0.3) is 11.2 Å². The molecule has 0 aromatic carbocycles. The molecule has 20 heavy (non-hydrogen) atoms. The van der Waals surface area contributed by atoms with Crippen molar-refractivity contribution in [3.05, 3.63) is 20.8 Å². The van der Waals surface area contributed by atoms with Gasteiger partial charge in [0, 0.05) is 14.1 Å². The first-order chi connectivity index (χ1) is 9.15. The van der Waals surface area contributed by atoms with Crippen LogP contribution in [0.3, 0.4) is 0 Å². The van der Waals surface area contributed by atoms with E-state index in [0.29, 0.717) is 5.95 Å². The number of hydrogen-bond acceptors (Lipinski definition) is 5. The number of fused-ring (bicyclic) bond motifs is 1. The molecule has 2 aromatic rings. The Morgan fingerprint density at radius 2 is 1.90 bits per heavy atom. The Morgan fingerprint density at radius 1 is 1.30 bits per heavy atom. The second-order valence-electron chi connectivity index (χ2n) is 5.51. The molecule has 0 aliphatic carbocycles. The summed E-state index contributed by atoms with van der Waals surface area (Å²) >= 11 is 0. The molecule has 0 spiro atoms. The lowest BCUT2D eigenvalue weighted by Crippen LogP contribution is -2.42. The number of imidazole rings is 1. The molecule has 8 nitrogen and oxygen atoms in total. The number of nitrogens with one attached hydrogen (secondary N) is 2. The summed E-state index contributed by atoms with van der Waals surface area (Å²) in [5.41, 5.74) is -0.966. The van der Waals surface area contributed by atoms with Crippen molar-refractivity contribution in [2.45, 2.75) is 32.4 Å². The van der Waals surface area contributed by atoms with E-state index in [9.17, 15) is 14.7 Å². The Kier molecular flexibility index (Phi) is 3.21. The third kappa shape index (κ3) is 2.11. The summed E-state index contributed by atoms with van der Waals surface area (Å²) in [6.07, 6.45) is -0.623. The maximum atomic E-state index is 12.0. The van der Waals surface area contributed by atoms with Gasteiger partial charge >= 0.3 is 5.69 Å². The van der Waals surface area contributed by atoms with E-state index in [2.05, 4.69) is 15.3 Å². The Balaban J connectivity index is 2.61. The first kappa shape index (κ1) is 14.3. The van der Waals surface area contributed by atoms with Crippen LogP contribution in [-0.4, -0.2) is 35.9 Å². The molecule has 0 amide bonds. The third-order valence-corrected chi connectivity index (χ3v) is 3.58. The Bertz CT molecular complexity index is 766. The van der Waals surface area contributed by atoms with Crippen molar-refractivity contribution in [3.8, 4) is 0 Å². The molecule has 2 aromatic heterocycles. The van der Waals surface area contributed by atoms with Crippen molar-refractivity contribution in [1.29, 1.82) is 0 Å². The van der Waals surface area contributed by atoms with Gasteiger partial charge in [-0.2, -0.15) is 4.98 Å². The van der Waals surface area contributed by atoms with Gasteiger partial charge in [0.1, 0.15) is 0 Å². The van der Waals surface area contributed by atoms with Gasteiger partial charge in [-0.25, -0.2) is 4.79 Å². The average Bonchev–Trinajstić information content (AvgIpc) is 2.77. The number of aromatic nitrogens is 4. The van der Waals surface area contributed by atoms with Crippen molar-refractivity contribution >= 4 is 17.1 Å². The van der Waals surface area contributed by atoms with Crippen molar-refractivity contribution in [2.75, 3.05) is 5.32 Å². The van der Waals surface area contributed by atoms with Gasteiger partial charge in [0.2, 0.25) is 5.95 Å². The van der Waals surface area contributed by atoms with Crippen LogP contribution in [0.4, 0.5) is 5.95 Å². The number of H-pyrrole nitrogens is 1. The summed E-state index contributed by atoms with van der Waals surface area (Å²) in [6.45, 7) is 5.27. The number of aryl methyl sites for hydroxylation is 1. The van der Waals surface area contributed by atoms with E-state index in [4.69, 9.17) is 0 Å². The first-order valence-corrected chi connectivity index (χ1v) is 6.27. The largest absolute Gasteiger partial charge is 0.391 e. The maximum Gasteiger partial charge on any atom is 0.332 e. The predicted molar refractivity (Wildman–Crippen MR) is 76.0 cm³/mol. The van der Waals surface area contributed by atoms with Crippen LogP contribution in [-0.2, 0) is 14.1 Å². The number of aliphatic hydroxyl groups excluding tert-OH is 1. The first-order valence-electron chi connectivity index (χ1n) is 6.27. The van der Waals surface area contributed by atoms with E-state index < -0.39 is 22.9 Å². The molecule has 0 saturated carbocycles. The molecule has 0 aliphatic heterocycles. The van der Waals surface area contributed by atoms with E-state index >= 15 is 0 Å². The van der Waals surface area contributed by atoms with Crippen LogP contribution in [0.15, 0.2) is 9.59 Å². The topological polar surface area (TPSA) is 105 Å². The van der Waals surface area contributed by atoms with Gasteiger partial charge in [0.15, 0.2) is 11.2 Å². The monoisotopic (exact) mass is 281 g/mol. The molecule has 2 heterocycles. The molecular weight excluding hydrogens is 262 g/mol. The summed E-state index contributed by atoms with van der Waals surface area (Å²) in [5, 5.41) is 12.7. The number of aliphatic hydroxyl groups is 1. The van der Waals surface area contributed by atoms with Gasteiger partial charge in [0.25, 0.3) is 5.56 Å². The molecule has 1 unspecified atom stereocenters. The fourth-order valence-corrected chi connectivity index (χ4v) is 1.79. The zero-order valence-corrected chi connectivity index (χ0v) is 12.2. The maximum absolute atomic E-state index is 12.0. The van der Waals surface area contributed by atoms with Crippen molar-refractivity contribution in [3.63, 3.8) is 0 Å². The second-order valence-corrected chi connectivity index (χ2v) is 5.51. The smallest absolute Gasteiger partial charge is 0.332 e. The zero-order chi connectivity index (χ0) is 15.2. The van der Waals surface area contributed by atoms with Gasteiger partial charge < -0.3 is 15.4 Å². The molecule has 0 radical (unpaired) electrons. The standard InChI is InChI=1S/C12H19N5O3/c1-6(18)12(2,3)15-10-13-7-8(14-10)16(4)11(20)17(5)9(7)19/h6,18H,1-5H3,(H2,13,14,15). The lowest BCUT2D eigenvalue weighted by atomic mass is 9.99. The van der Waals surface area contributed by atoms with Gasteiger partial charge in [0.05, 0.1) is 11.6 Å². The number of aromatic amines is 1. The van der Waals surface area contributed by atoms with Crippen LogP contribution >= 0.6 is 0 Å². The predicted octanol–water partition coefficient (Wildman–Crippen LogP) is -0.468. The highest BCUT2D eigenvalue weighted by Crippen LogP contribution is 2.17. The van der Waals surface area contributed by atoms with Gasteiger partial charge in [-0.15, -0.1) is 0 Å². The molecule has 0 fully saturated rings. The van der Waals surface area contributed by atoms with Gasteiger partial charge in [-0.1, -0.05) is 0 Å².